The van der Waals surface area contributed by atoms with Crippen molar-refractivity contribution in [2.45, 2.75) is 13.5 Å². The fraction of sp³-hybridized carbons (Fsp3) is 0.182. The van der Waals surface area contributed by atoms with Crippen molar-refractivity contribution in [1.29, 1.82) is 0 Å². The summed E-state index contributed by atoms with van der Waals surface area (Å²) < 4.78 is 0. The van der Waals surface area contributed by atoms with Gasteiger partial charge in [0, 0.05) is 11.9 Å². The van der Waals surface area contributed by atoms with E-state index in [9.17, 15) is 0 Å². The van der Waals surface area contributed by atoms with Crippen LogP contribution in [0.1, 0.15) is 12.5 Å². The number of nitrogens with zero attached hydrogens (tertiary/aromatic N) is 1. The van der Waals surface area contributed by atoms with Crippen molar-refractivity contribution in [1.82, 2.24) is 0 Å². The van der Waals surface area contributed by atoms with E-state index in [1.54, 1.807) is 12.3 Å². The molecule has 0 saturated heterocycles. The van der Waals surface area contributed by atoms with Crippen molar-refractivity contribution in [2.75, 3.05) is 0 Å². The molecule has 0 aliphatic rings. The van der Waals surface area contributed by atoms with Crippen LogP contribution >= 0.6 is 0 Å². The average Bonchev–Trinajstić information content (AvgIpc) is 2.14. The predicted molar refractivity (Wildman–Crippen MR) is 56.6 cm³/mol. The van der Waals surface area contributed by atoms with Crippen LogP contribution in [0, 0.1) is 0 Å². The minimum absolute atomic E-state index is 0.713. The maximum atomic E-state index is 5.44. The van der Waals surface area contributed by atoms with E-state index in [0.29, 0.717) is 6.54 Å². The van der Waals surface area contributed by atoms with Gasteiger partial charge in [-0.2, -0.15) is 0 Å². The zero-order valence-electron chi connectivity index (χ0n) is 7.77. The molecule has 1 aromatic rings. The Balaban J connectivity index is 2.44. The molecule has 0 aliphatic carbocycles. The first-order valence-corrected chi connectivity index (χ1v) is 4.25. The molecular formula is C11H14N2. The highest BCUT2D eigenvalue weighted by atomic mass is 14.7. The Kier molecular flexibility index (Phi) is 3.76. The molecule has 0 aromatic heterocycles. The standard InChI is InChI=1S/C11H14N2/c1-10(12)7-8-13-9-11-5-3-2-4-6-11/h2-8H,9,12H2,1H3. The summed E-state index contributed by atoms with van der Waals surface area (Å²) in [6.45, 7) is 2.55. The third kappa shape index (κ3) is 4.11. The average molecular weight is 174 g/mol. The Hall–Kier alpha value is -1.57. The second kappa shape index (κ2) is 5.14. The highest BCUT2D eigenvalue weighted by Crippen LogP contribution is 1.99. The van der Waals surface area contributed by atoms with Crippen molar-refractivity contribution in [2.24, 2.45) is 10.7 Å². The molecule has 0 spiro atoms. The number of hydrogen-bond donors (Lipinski definition) is 1. The van der Waals surface area contributed by atoms with Gasteiger partial charge in [0.15, 0.2) is 0 Å². The van der Waals surface area contributed by atoms with Crippen LogP contribution in [-0.4, -0.2) is 6.21 Å². The SMILES string of the molecule is CC(N)=CC=NCc1ccccc1. The highest BCUT2D eigenvalue weighted by molar-refractivity contribution is 5.71. The van der Waals surface area contributed by atoms with E-state index >= 15 is 0 Å². The number of allylic oxidation sites excluding steroid dienone is 2. The minimum atomic E-state index is 0.713. The van der Waals surface area contributed by atoms with Gasteiger partial charge in [-0.25, -0.2) is 0 Å². The number of nitrogens with two attached hydrogens (primary N) is 1. The lowest BCUT2D eigenvalue weighted by molar-refractivity contribution is 1.08. The van der Waals surface area contributed by atoms with Crippen LogP contribution < -0.4 is 5.73 Å². The van der Waals surface area contributed by atoms with E-state index < -0.39 is 0 Å². The number of aliphatic imine (C=N–C) groups is 1. The summed E-state index contributed by atoms with van der Waals surface area (Å²) in [5, 5.41) is 0. The molecule has 2 nitrogen and oxygen atoms in total. The van der Waals surface area contributed by atoms with Gasteiger partial charge < -0.3 is 5.73 Å². The normalized spacial score (nSPS) is 12.2. The van der Waals surface area contributed by atoms with E-state index in [4.69, 9.17) is 5.73 Å². The van der Waals surface area contributed by atoms with Gasteiger partial charge >= 0.3 is 0 Å². The number of hydrogen-bond acceptors (Lipinski definition) is 2. The third-order valence-corrected chi connectivity index (χ3v) is 1.56. The molecule has 0 heterocycles. The van der Waals surface area contributed by atoms with Crippen LogP contribution in [0.4, 0.5) is 0 Å². The Morgan fingerprint density at radius 3 is 2.69 bits per heavy atom. The van der Waals surface area contributed by atoms with Crippen LogP contribution in [0.25, 0.3) is 0 Å². The lowest BCUT2D eigenvalue weighted by Gasteiger charge is -1.93. The molecule has 0 bridgehead atoms. The molecule has 68 valence electrons. The smallest absolute Gasteiger partial charge is 0.0639 e. The van der Waals surface area contributed by atoms with E-state index in [1.165, 1.54) is 5.56 Å². The minimum Gasteiger partial charge on any atom is -0.402 e. The summed E-state index contributed by atoms with van der Waals surface area (Å²) in [6, 6.07) is 10.1. The first-order chi connectivity index (χ1) is 6.29. The van der Waals surface area contributed by atoms with E-state index in [-0.39, 0.29) is 0 Å². The zero-order chi connectivity index (χ0) is 9.52. The molecule has 2 heteroatoms. The Bertz CT molecular complexity index is 295. The second-order valence-corrected chi connectivity index (χ2v) is 2.89. The first kappa shape index (κ1) is 9.52. The van der Waals surface area contributed by atoms with Crippen molar-refractivity contribution in [3.63, 3.8) is 0 Å². The molecule has 0 amide bonds. The molecule has 2 N–H and O–H groups in total. The van der Waals surface area contributed by atoms with Crippen LogP contribution in [0.15, 0.2) is 47.1 Å². The summed E-state index contributed by atoms with van der Waals surface area (Å²) in [5.41, 5.74) is 7.43. The molecule has 0 saturated carbocycles. The fourth-order valence-corrected chi connectivity index (χ4v) is 0.912. The fourth-order valence-electron chi connectivity index (χ4n) is 0.912. The van der Waals surface area contributed by atoms with Gasteiger partial charge in [0.1, 0.15) is 0 Å². The Morgan fingerprint density at radius 1 is 1.38 bits per heavy atom. The summed E-state index contributed by atoms with van der Waals surface area (Å²) >= 11 is 0. The summed E-state index contributed by atoms with van der Waals surface area (Å²) in [7, 11) is 0. The van der Waals surface area contributed by atoms with Crippen LogP contribution in [-0.2, 0) is 6.54 Å². The zero-order valence-corrected chi connectivity index (χ0v) is 7.77. The highest BCUT2D eigenvalue weighted by Gasteiger charge is 1.84. The van der Waals surface area contributed by atoms with Crippen molar-refractivity contribution in [3.8, 4) is 0 Å². The van der Waals surface area contributed by atoms with E-state index in [0.717, 1.165) is 5.70 Å². The molecule has 0 aliphatic heterocycles. The molecule has 13 heavy (non-hydrogen) atoms. The maximum absolute atomic E-state index is 5.44. The van der Waals surface area contributed by atoms with Gasteiger partial charge in [0.25, 0.3) is 0 Å². The van der Waals surface area contributed by atoms with Crippen LogP contribution in [0.3, 0.4) is 0 Å². The first-order valence-electron chi connectivity index (χ1n) is 4.25. The van der Waals surface area contributed by atoms with Gasteiger partial charge in [0.05, 0.1) is 6.54 Å². The van der Waals surface area contributed by atoms with Crippen molar-refractivity contribution < 1.29 is 0 Å². The molecule has 0 unspecified atom stereocenters. The van der Waals surface area contributed by atoms with Gasteiger partial charge in [-0.05, 0) is 18.6 Å². The monoisotopic (exact) mass is 174 g/mol. The molecule has 0 atom stereocenters. The molecule has 0 fully saturated rings. The maximum Gasteiger partial charge on any atom is 0.0639 e. The molecular weight excluding hydrogens is 160 g/mol. The molecule has 1 aromatic carbocycles. The van der Waals surface area contributed by atoms with E-state index in [2.05, 4.69) is 17.1 Å². The summed E-state index contributed by atoms with van der Waals surface area (Å²) in [5.74, 6) is 0. The van der Waals surface area contributed by atoms with Gasteiger partial charge in [-0.1, -0.05) is 30.3 Å². The van der Waals surface area contributed by atoms with Gasteiger partial charge in [-0.15, -0.1) is 0 Å². The lowest BCUT2D eigenvalue weighted by Crippen LogP contribution is -1.90. The largest absolute Gasteiger partial charge is 0.402 e. The van der Waals surface area contributed by atoms with Crippen LogP contribution in [0.5, 0.6) is 0 Å². The quantitative estimate of drug-likeness (QED) is 0.700. The van der Waals surface area contributed by atoms with E-state index in [1.807, 2.05) is 25.1 Å². The summed E-state index contributed by atoms with van der Waals surface area (Å²) in [4.78, 5) is 4.20. The van der Waals surface area contributed by atoms with Gasteiger partial charge in [-0.3, -0.25) is 4.99 Å². The Labute approximate surface area is 78.8 Å². The predicted octanol–water partition coefficient (Wildman–Crippen LogP) is 2.12. The van der Waals surface area contributed by atoms with Crippen molar-refractivity contribution in [3.05, 3.63) is 47.7 Å². The van der Waals surface area contributed by atoms with Crippen LogP contribution in [0.2, 0.25) is 0 Å². The topological polar surface area (TPSA) is 38.4 Å². The second-order valence-electron chi connectivity index (χ2n) is 2.89. The molecule has 1 rings (SSSR count). The van der Waals surface area contributed by atoms with Crippen molar-refractivity contribution >= 4 is 6.21 Å². The molecule has 0 radical (unpaired) electrons. The third-order valence-electron chi connectivity index (χ3n) is 1.56. The summed E-state index contributed by atoms with van der Waals surface area (Å²) in [6.07, 6.45) is 3.53. The number of benzene rings is 1. The Morgan fingerprint density at radius 2 is 2.08 bits per heavy atom. The lowest BCUT2D eigenvalue weighted by atomic mass is 10.2. The van der Waals surface area contributed by atoms with Gasteiger partial charge in [0.2, 0.25) is 0 Å². The number of rotatable bonds is 3.